The SMILES string of the molecule is COc1cccc(CN2CCC[C@]3(CCN(C(=O)c4cc(N)n[nH]4)C3)C2)c1OC. The summed E-state index contributed by atoms with van der Waals surface area (Å²) in [6.45, 7) is 4.38. The normalized spacial score (nSPS) is 22.2. The van der Waals surface area contributed by atoms with Crippen LogP contribution in [0, 0.1) is 5.41 Å². The number of nitrogen functional groups attached to an aromatic ring is 1. The average Bonchev–Trinajstić information content (AvgIpc) is 3.34. The van der Waals surface area contributed by atoms with Gasteiger partial charge in [-0.3, -0.25) is 14.8 Å². The lowest BCUT2D eigenvalue weighted by atomic mass is 9.79. The molecular formula is C21H29N5O3. The van der Waals surface area contributed by atoms with Gasteiger partial charge in [0, 0.05) is 43.2 Å². The Labute approximate surface area is 171 Å². The third-order valence-electron chi connectivity index (χ3n) is 6.17. The van der Waals surface area contributed by atoms with E-state index in [2.05, 4.69) is 21.2 Å². The van der Waals surface area contributed by atoms with Gasteiger partial charge < -0.3 is 20.1 Å². The van der Waals surface area contributed by atoms with Crippen molar-refractivity contribution in [1.29, 1.82) is 0 Å². The van der Waals surface area contributed by atoms with Gasteiger partial charge in [0.05, 0.1) is 14.2 Å². The predicted molar refractivity (Wildman–Crippen MR) is 110 cm³/mol. The highest BCUT2D eigenvalue weighted by Crippen LogP contribution is 2.40. The largest absolute Gasteiger partial charge is 0.493 e. The van der Waals surface area contributed by atoms with Crippen LogP contribution in [0.5, 0.6) is 11.5 Å². The number of carbonyl (C=O) groups is 1. The first-order valence-electron chi connectivity index (χ1n) is 10.1. The second-order valence-electron chi connectivity index (χ2n) is 8.15. The first-order valence-corrected chi connectivity index (χ1v) is 10.1. The molecule has 0 radical (unpaired) electrons. The Morgan fingerprint density at radius 3 is 2.83 bits per heavy atom. The molecule has 2 aliphatic rings. The number of aromatic nitrogens is 2. The van der Waals surface area contributed by atoms with E-state index in [0.717, 1.165) is 69.0 Å². The van der Waals surface area contributed by atoms with Gasteiger partial charge in [0.25, 0.3) is 5.91 Å². The zero-order chi connectivity index (χ0) is 20.4. The Bertz CT molecular complexity index is 883. The lowest BCUT2D eigenvalue weighted by Gasteiger charge is -2.40. The summed E-state index contributed by atoms with van der Waals surface area (Å²) in [5.74, 6) is 1.89. The second kappa shape index (κ2) is 7.94. The molecule has 4 rings (SSSR count). The molecule has 1 atom stereocenters. The van der Waals surface area contributed by atoms with Crippen LogP contribution in [0.1, 0.15) is 35.3 Å². The summed E-state index contributed by atoms with van der Waals surface area (Å²) < 4.78 is 11.0. The number of nitrogens with two attached hydrogens (primary N) is 1. The highest BCUT2D eigenvalue weighted by Gasteiger charge is 2.43. The number of hydrogen-bond donors (Lipinski definition) is 2. The van der Waals surface area contributed by atoms with Gasteiger partial charge in [0.15, 0.2) is 11.5 Å². The Morgan fingerprint density at radius 2 is 2.10 bits per heavy atom. The summed E-state index contributed by atoms with van der Waals surface area (Å²) >= 11 is 0. The average molecular weight is 399 g/mol. The Morgan fingerprint density at radius 1 is 1.24 bits per heavy atom. The lowest BCUT2D eigenvalue weighted by Crippen LogP contribution is -2.45. The van der Waals surface area contributed by atoms with Crippen LogP contribution in [-0.2, 0) is 6.54 Å². The molecule has 156 valence electrons. The molecule has 2 aliphatic heterocycles. The minimum absolute atomic E-state index is 0.0161. The maximum Gasteiger partial charge on any atom is 0.271 e. The number of nitrogens with zero attached hydrogens (tertiary/aromatic N) is 3. The number of amides is 1. The van der Waals surface area contributed by atoms with Crippen LogP contribution in [0.15, 0.2) is 24.3 Å². The van der Waals surface area contributed by atoms with E-state index in [4.69, 9.17) is 15.2 Å². The summed E-state index contributed by atoms with van der Waals surface area (Å²) in [5.41, 5.74) is 7.39. The predicted octanol–water partition coefficient (Wildman–Crippen LogP) is 2.14. The Kier molecular flexibility index (Phi) is 5.36. The molecule has 0 bridgehead atoms. The maximum absolute atomic E-state index is 12.8. The van der Waals surface area contributed by atoms with Gasteiger partial charge in [-0.1, -0.05) is 12.1 Å². The van der Waals surface area contributed by atoms with Gasteiger partial charge in [-0.25, -0.2) is 0 Å². The summed E-state index contributed by atoms with van der Waals surface area (Å²) in [4.78, 5) is 17.2. The molecule has 2 saturated heterocycles. The van der Waals surface area contributed by atoms with E-state index in [-0.39, 0.29) is 11.3 Å². The number of aromatic amines is 1. The molecule has 0 unspecified atom stereocenters. The minimum Gasteiger partial charge on any atom is -0.493 e. The first kappa shape index (κ1) is 19.6. The molecular weight excluding hydrogens is 370 g/mol. The van der Waals surface area contributed by atoms with E-state index < -0.39 is 0 Å². The lowest BCUT2D eigenvalue weighted by molar-refractivity contribution is 0.0669. The van der Waals surface area contributed by atoms with E-state index >= 15 is 0 Å². The van der Waals surface area contributed by atoms with Crippen LogP contribution in [0.2, 0.25) is 0 Å². The number of piperidine rings is 1. The molecule has 29 heavy (non-hydrogen) atoms. The summed E-state index contributed by atoms with van der Waals surface area (Å²) in [7, 11) is 3.34. The monoisotopic (exact) mass is 399 g/mol. The third-order valence-corrected chi connectivity index (χ3v) is 6.17. The van der Waals surface area contributed by atoms with E-state index in [1.165, 1.54) is 0 Å². The molecule has 2 aromatic rings. The molecule has 8 heteroatoms. The van der Waals surface area contributed by atoms with Crippen molar-refractivity contribution in [2.45, 2.75) is 25.8 Å². The topological polar surface area (TPSA) is 96.7 Å². The van der Waals surface area contributed by atoms with Crippen LogP contribution in [0.25, 0.3) is 0 Å². The number of benzene rings is 1. The third kappa shape index (κ3) is 3.89. The molecule has 0 aliphatic carbocycles. The van der Waals surface area contributed by atoms with Crippen LogP contribution in [0.4, 0.5) is 5.82 Å². The van der Waals surface area contributed by atoms with Crippen molar-refractivity contribution < 1.29 is 14.3 Å². The van der Waals surface area contributed by atoms with E-state index in [1.807, 2.05) is 17.0 Å². The van der Waals surface area contributed by atoms with Crippen molar-refractivity contribution in [3.63, 3.8) is 0 Å². The van der Waals surface area contributed by atoms with E-state index in [0.29, 0.717) is 11.5 Å². The first-order chi connectivity index (χ1) is 14.0. The Hall–Kier alpha value is -2.74. The van der Waals surface area contributed by atoms with Gasteiger partial charge in [0.2, 0.25) is 0 Å². The number of methoxy groups -OCH3 is 2. The van der Waals surface area contributed by atoms with E-state index in [1.54, 1.807) is 20.3 Å². The van der Waals surface area contributed by atoms with E-state index in [9.17, 15) is 4.79 Å². The molecule has 3 N–H and O–H groups in total. The molecule has 3 heterocycles. The summed E-state index contributed by atoms with van der Waals surface area (Å²) in [6, 6.07) is 7.62. The number of H-pyrrole nitrogens is 1. The van der Waals surface area contributed by atoms with Crippen molar-refractivity contribution in [2.24, 2.45) is 5.41 Å². The standard InChI is InChI=1S/C21H29N5O3/c1-28-17-6-3-5-15(19(17)29-2)12-25-9-4-7-21(13-25)8-10-26(14-21)20(27)16-11-18(22)24-23-16/h3,5-6,11H,4,7-10,12-14H2,1-2H3,(H3,22,23,24)/t21-/m0/s1. The second-order valence-corrected chi connectivity index (χ2v) is 8.15. The molecule has 8 nitrogen and oxygen atoms in total. The number of nitrogens with one attached hydrogen (secondary N) is 1. The summed E-state index contributed by atoms with van der Waals surface area (Å²) in [5, 5.41) is 6.61. The van der Waals surface area contributed by atoms with Crippen LogP contribution in [0.3, 0.4) is 0 Å². The number of ether oxygens (including phenoxy) is 2. The van der Waals surface area contributed by atoms with Crippen LogP contribution in [-0.4, -0.2) is 66.3 Å². The van der Waals surface area contributed by atoms with Gasteiger partial charge in [0.1, 0.15) is 11.5 Å². The molecule has 1 amide bonds. The smallest absolute Gasteiger partial charge is 0.271 e. The van der Waals surface area contributed by atoms with Crippen molar-refractivity contribution in [3.05, 3.63) is 35.5 Å². The van der Waals surface area contributed by atoms with Crippen LogP contribution < -0.4 is 15.2 Å². The summed E-state index contributed by atoms with van der Waals surface area (Å²) in [6.07, 6.45) is 3.30. The van der Waals surface area contributed by atoms with Crippen molar-refractivity contribution >= 4 is 11.7 Å². The van der Waals surface area contributed by atoms with Gasteiger partial charge in [-0.15, -0.1) is 0 Å². The minimum atomic E-state index is -0.0161. The highest BCUT2D eigenvalue weighted by atomic mass is 16.5. The number of anilines is 1. The molecule has 2 fully saturated rings. The number of likely N-dealkylation sites (tertiary alicyclic amines) is 2. The zero-order valence-electron chi connectivity index (χ0n) is 17.1. The van der Waals surface area contributed by atoms with Crippen molar-refractivity contribution in [3.8, 4) is 11.5 Å². The van der Waals surface area contributed by atoms with Gasteiger partial charge in [-0.2, -0.15) is 5.10 Å². The number of hydrogen-bond acceptors (Lipinski definition) is 6. The number of para-hydroxylation sites is 1. The number of carbonyl (C=O) groups excluding carboxylic acids is 1. The fourth-order valence-corrected chi connectivity index (χ4v) is 4.82. The van der Waals surface area contributed by atoms with Crippen molar-refractivity contribution in [1.82, 2.24) is 20.0 Å². The zero-order valence-corrected chi connectivity index (χ0v) is 17.1. The molecule has 1 aromatic carbocycles. The quantitative estimate of drug-likeness (QED) is 0.800. The van der Waals surface area contributed by atoms with Crippen molar-refractivity contribution in [2.75, 3.05) is 46.1 Å². The fraction of sp³-hybridized carbons (Fsp3) is 0.524. The molecule has 1 spiro atoms. The number of rotatable bonds is 5. The van der Waals surface area contributed by atoms with Crippen LogP contribution >= 0.6 is 0 Å². The fourth-order valence-electron chi connectivity index (χ4n) is 4.82. The maximum atomic E-state index is 12.8. The molecule has 0 saturated carbocycles. The van der Waals surface area contributed by atoms with Gasteiger partial charge in [-0.05, 0) is 31.9 Å². The highest BCUT2D eigenvalue weighted by molar-refractivity contribution is 5.93. The Balaban J connectivity index is 1.44. The molecule has 1 aromatic heterocycles. The van der Waals surface area contributed by atoms with Gasteiger partial charge >= 0.3 is 0 Å².